The van der Waals surface area contributed by atoms with Crippen molar-refractivity contribution in [3.05, 3.63) is 37.0 Å². The molecule has 0 spiro atoms. The third-order valence-corrected chi connectivity index (χ3v) is 0.794. The molecule has 2 N–H and O–H groups in total. The molecule has 0 amide bonds. The number of ether oxygens (including phenoxy) is 1. The lowest BCUT2D eigenvalue weighted by Crippen LogP contribution is -1.90. The molecule has 0 aromatic heterocycles. The number of hydrogen-bond donors (Lipinski definition) is 2. The lowest BCUT2D eigenvalue weighted by Gasteiger charge is -1.86. The van der Waals surface area contributed by atoms with Crippen molar-refractivity contribution in [1.82, 2.24) is 0 Å². The average Bonchev–Trinajstić information content (AvgIpc) is 2.06. The number of rotatable bonds is 3. The molecule has 3 nitrogen and oxygen atoms in total. The second-order valence-electron chi connectivity index (χ2n) is 2.16. The summed E-state index contributed by atoms with van der Waals surface area (Å²) in [6, 6.07) is 0. The first-order chi connectivity index (χ1) is 6.18. The molecular formula is C10H18O3. The zero-order chi connectivity index (χ0) is 10.5. The van der Waals surface area contributed by atoms with Crippen LogP contribution in [0.15, 0.2) is 37.0 Å². The molecule has 0 radical (unpaired) electrons. The third kappa shape index (κ3) is 24.9. The zero-order valence-electron chi connectivity index (χ0n) is 8.34. The van der Waals surface area contributed by atoms with Crippen molar-refractivity contribution in [3.8, 4) is 0 Å². The second-order valence-corrected chi connectivity index (χ2v) is 2.16. The summed E-state index contributed by atoms with van der Waals surface area (Å²) in [7, 11) is 0. The number of aliphatic hydroxyl groups excluding tert-OH is 2. The first-order valence-corrected chi connectivity index (χ1v) is 4.05. The molecule has 0 heterocycles. The normalized spacial score (nSPS) is 13.2. The Morgan fingerprint density at radius 1 is 1.15 bits per heavy atom. The lowest BCUT2D eigenvalue weighted by atomic mass is 10.4. The molecular weight excluding hydrogens is 168 g/mol. The molecule has 76 valence electrons. The summed E-state index contributed by atoms with van der Waals surface area (Å²) in [4.78, 5) is 0. The van der Waals surface area contributed by atoms with Gasteiger partial charge in [-0.05, 0) is 26.8 Å². The van der Waals surface area contributed by atoms with Gasteiger partial charge in [0.25, 0.3) is 0 Å². The van der Waals surface area contributed by atoms with E-state index in [-0.39, 0.29) is 0 Å². The van der Waals surface area contributed by atoms with Crippen LogP contribution in [0, 0.1) is 0 Å². The highest BCUT2D eigenvalue weighted by Crippen LogP contribution is 1.77. The Morgan fingerprint density at radius 2 is 1.62 bits per heavy atom. The van der Waals surface area contributed by atoms with Gasteiger partial charge in [0.2, 0.25) is 0 Å². The maximum atomic E-state index is 8.31. The fourth-order valence-electron chi connectivity index (χ4n) is 0.327. The van der Waals surface area contributed by atoms with Crippen LogP contribution >= 0.6 is 0 Å². The summed E-state index contributed by atoms with van der Waals surface area (Å²) in [5, 5.41) is 16.2. The van der Waals surface area contributed by atoms with Crippen molar-refractivity contribution >= 4 is 0 Å². The van der Waals surface area contributed by atoms with Crippen molar-refractivity contribution in [2.45, 2.75) is 26.9 Å². The van der Waals surface area contributed by atoms with Gasteiger partial charge in [0, 0.05) is 0 Å². The zero-order valence-corrected chi connectivity index (χ0v) is 8.34. The van der Waals surface area contributed by atoms with E-state index in [0.29, 0.717) is 0 Å². The topological polar surface area (TPSA) is 49.7 Å². The first-order valence-electron chi connectivity index (χ1n) is 4.05. The van der Waals surface area contributed by atoms with Crippen LogP contribution in [0.5, 0.6) is 0 Å². The fourth-order valence-corrected chi connectivity index (χ4v) is 0.327. The van der Waals surface area contributed by atoms with E-state index in [0.717, 1.165) is 6.26 Å². The molecule has 0 fully saturated rings. The van der Waals surface area contributed by atoms with E-state index in [1.54, 1.807) is 19.4 Å². The van der Waals surface area contributed by atoms with Crippen LogP contribution < -0.4 is 0 Å². The predicted octanol–water partition coefficient (Wildman–Crippen LogP) is 2.51. The Kier molecular flexibility index (Phi) is 14.7. The molecule has 0 saturated carbocycles. The van der Waals surface area contributed by atoms with Gasteiger partial charge >= 0.3 is 0 Å². The van der Waals surface area contributed by atoms with Crippen LogP contribution in [0.1, 0.15) is 20.8 Å². The van der Waals surface area contributed by atoms with Gasteiger partial charge in [0.05, 0.1) is 24.9 Å². The molecule has 0 aliphatic heterocycles. The Morgan fingerprint density at radius 3 is 1.77 bits per heavy atom. The van der Waals surface area contributed by atoms with Crippen LogP contribution in [-0.2, 0) is 4.74 Å². The molecule has 1 atom stereocenters. The minimum absolute atomic E-state index is 0.532. The molecule has 0 rings (SSSR count). The SMILES string of the molecule is CC(O)C=CO.CC=COC=CC. The van der Waals surface area contributed by atoms with E-state index in [4.69, 9.17) is 14.9 Å². The average molecular weight is 186 g/mol. The summed E-state index contributed by atoms with van der Waals surface area (Å²) in [5.74, 6) is 0. The predicted molar refractivity (Wildman–Crippen MR) is 54.2 cm³/mol. The summed E-state index contributed by atoms with van der Waals surface area (Å²) in [6.07, 6.45) is 8.49. The van der Waals surface area contributed by atoms with Crippen molar-refractivity contribution in [2.24, 2.45) is 0 Å². The largest absolute Gasteiger partial charge is 0.516 e. The molecule has 0 aliphatic carbocycles. The van der Waals surface area contributed by atoms with Gasteiger partial charge in [0.1, 0.15) is 0 Å². The highest BCUT2D eigenvalue weighted by Gasteiger charge is 1.79. The summed E-state index contributed by atoms with van der Waals surface area (Å²) in [5.41, 5.74) is 0. The number of hydrogen-bond acceptors (Lipinski definition) is 3. The van der Waals surface area contributed by atoms with Crippen molar-refractivity contribution in [1.29, 1.82) is 0 Å². The fraction of sp³-hybridized carbons (Fsp3) is 0.400. The van der Waals surface area contributed by atoms with Gasteiger partial charge in [-0.1, -0.05) is 12.2 Å². The van der Waals surface area contributed by atoms with Crippen LogP contribution in [0.2, 0.25) is 0 Å². The maximum Gasteiger partial charge on any atom is 0.0858 e. The molecule has 0 aromatic carbocycles. The summed E-state index contributed by atoms with van der Waals surface area (Å²) in [6.45, 7) is 5.37. The van der Waals surface area contributed by atoms with E-state index in [9.17, 15) is 0 Å². The summed E-state index contributed by atoms with van der Waals surface area (Å²) < 4.78 is 4.77. The number of allylic oxidation sites excluding steroid dienone is 2. The second kappa shape index (κ2) is 13.4. The Hall–Kier alpha value is -1.22. The Labute approximate surface area is 79.7 Å². The van der Waals surface area contributed by atoms with E-state index < -0.39 is 6.10 Å². The molecule has 0 saturated heterocycles. The molecule has 13 heavy (non-hydrogen) atoms. The number of aliphatic hydroxyl groups is 2. The highest BCUT2D eigenvalue weighted by atomic mass is 16.5. The first kappa shape index (κ1) is 14.3. The monoisotopic (exact) mass is 186 g/mol. The van der Waals surface area contributed by atoms with Crippen LogP contribution in [0.4, 0.5) is 0 Å². The van der Waals surface area contributed by atoms with E-state index in [1.165, 1.54) is 6.08 Å². The van der Waals surface area contributed by atoms with Gasteiger partial charge in [-0.2, -0.15) is 0 Å². The minimum Gasteiger partial charge on any atom is -0.516 e. The molecule has 0 aromatic rings. The maximum absolute atomic E-state index is 8.31. The van der Waals surface area contributed by atoms with Gasteiger partial charge in [-0.25, -0.2) is 0 Å². The quantitative estimate of drug-likeness (QED) is 0.666. The van der Waals surface area contributed by atoms with Gasteiger partial charge in [-0.15, -0.1) is 0 Å². The molecule has 0 aliphatic rings. The molecule has 0 bridgehead atoms. The minimum atomic E-state index is -0.532. The van der Waals surface area contributed by atoms with Gasteiger partial charge in [-0.3, -0.25) is 0 Å². The van der Waals surface area contributed by atoms with Crippen LogP contribution in [0.25, 0.3) is 0 Å². The standard InChI is InChI=1S/C6H10O.C4H8O2/c1-3-5-7-6-4-2;1-4(6)2-3-5/h3-6H,1-2H3;2-6H,1H3. The van der Waals surface area contributed by atoms with Crippen LogP contribution in [-0.4, -0.2) is 16.3 Å². The van der Waals surface area contributed by atoms with E-state index in [1.807, 2.05) is 26.0 Å². The van der Waals surface area contributed by atoms with Crippen molar-refractivity contribution in [3.63, 3.8) is 0 Å². The summed E-state index contributed by atoms with van der Waals surface area (Å²) >= 11 is 0. The third-order valence-electron chi connectivity index (χ3n) is 0.794. The van der Waals surface area contributed by atoms with Crippen LogP contribution in [0.3, 0.4) is 0 Å². The molecule has 3 heteroatoms. The van der Waals surface area contributed by atoms with Crippen molar-refractivity contribution in [2.75, 3.05) is 0 Å². The lowest BCUT2D eigenvalue weighted by molar-refractivity contribution is 0.240. The van der Waals surface area contributed by atoms with Gasteiger partial charge in [0.15, 0.2) is 0 Å². The Balaban J connectivity index is 0. The van der Waals surface area contributed by atoms with Gasteiger partial charge < -0.3 is 14.9 Å². The Bertz CT molecular complexity index is 148. The van der Waals surface area contributed by atoms with E-state index >= 15 is 0 Å². The highest BCUT2D eigenvalue weighted by molar-refractivity contribution is 4.77. The van der Waals surface area contributed by atoms with E-state index in [2.05, 4.69) is 0 Å². The smallest absolute Gasteiger partial charge is 0.0858 e. The molecule has 1 unspecified atom stereocenters. The van der Waals surface area contributed by atoms with Crippen molar-refractivity contribution < 1.29 is 14.9 Å².